The monoisotopic (exact) mass is 276 g/mol. The second-order valence-electron chi connectivity index (χ2n) is 6.93. The number of methoxy groups -OCH3 is 1. The number of benzene rings is 1. The number of amides is 1. The summed E-state index contributed by atoms with van der Waals surface area (Å²) in [6.45, 7) is 8.70. The second kappa shape index (κ2) is 4.80. The van der Waals surface area contributed by atoms with Crippen molar-refractivity contribution in [1.82, 2.24) is 4.90 Å². The van der Waals surface area contributed by atoms with Crippen LogP contribution in [-0.4, -0.2) is 23.5 Å². The summed E-state index contributed by atoms with van der Waals surface area (Å²) in [4.78, 5) is 14.8. The molecule has 0 radical (unpaired) electrons. The van der Waals surface area contributed by atoms with E-state index in [1.54, 1.807) is 7.11 Å². The Hall–Kier alpha value is -1.51. The molecule has 20 heavy (non-hydrogen) atoms. The fourth-order valence-corrected chi connectivity index (χ4v) is 2.65. The minimum Gasteiger partial charge on any atom is -0.497 e. The van der Waals surface area contributed by atoms with Gasteiger partial charge in [-0.15, -0.1) is 0 Å². The van der Waals surface area contributed by atoms with Crippen molar-refractivity contribution >= 4 is 5.91 Å². The lowest BCUT2D eigenvalue weighted by Crippen LogP contribution is -2.49. The van der Waals surface area contributed by atoms with E-state index in [2.05, 4.69) is 0 Å². The Balaban J connectivity index is 2.54. The van der Waals surface area contributed by atoms with Crippen molar-refractivity contribution in [1.29, 1.82) is 0 Å². The van der Waals surface area contributed by atoms with Crippen LogP contribution in [0.1, 0.15) is 47.1 Å². The van der Waals surface area contributed by atoms with Gasteiger partial charge in [0.1, 0.15) is 5.75 Å². The van der Waals surface area contributed by atoms with E-state index >= 15 is 0 Å². The van der Waals surface area contributed by atoms with Crippen molar-refractivity contribution in [3.05, 3.63) is 29.3 Å². The summed E-state index contributed by atoms with van der Waals surface area (Å²) in [5.74, 6) is 0.879. The molecular weight excluding hydrogens is 250 g/mol. The number of hydrogen-bond acceptors (Lipinski definition) is 2. The summed E-state index contributed by atoms with van der Waals surface area (Å²) < 4.78 is 13.2. The SMILES string of the molecule is [2H]CC1(C)Cc2ccc(OC)cc2CN(C(C)(C)C)C1=O. The van der Waals surface area contributed by atoms with Crippen LogP contribution in [-0.2, 0) is 17.8 Å². The van der Waals surface area contributed by atoms with Crippen LogP contribution in [0.2, 0.25) is 0 Å². The molecule has 0 aromatic heterocycles. The molecule has 2 rings (SSSR count). The Morgan fingerprint density at radius 3 is 2.60 bits per heavy atom. The molecule has 1 aromatic rings. The number of fused-ring (bicyclic) bond motifs is 1. The van der Waals surface area contributed by atoms with Crippen LogP contribution in [0.4, 0.5) is 0 Å². The van der Waals surface area contributed by atoms with Gasteiger partial charge in [0.25, 0.3) is 0 Å². The molecule has 1 unspecified atom stereocenters. The lowest BCUT2D eigenvalue weighted by molar-refractivity contribution is -0.145. The maximum absolute atomic E-state index is 12.9. The highest BCUT2D eigenvalue weighted by Gasteiger charge is 2.40. The van der Waals surface area contributed by atoms with E-state index < -0.39 is 5.41 Å². The van der Waals surface area contributed by atoms with Gasteiger partial charge in [0.05, 0.1) is 7.11 Å². The molecule has 3 heteroatoms. The predicted molar refractivity (Wildman–Crippen MR) is 80.8 cm³/mol. The Bertz CT molecular complexity index is 550. The largest absolute Gasteiger partial charge is 0.497 e. The Morgan fingerprint density at radius 1 is 1.35 bits per heavy atom. The number of carbonyl (C=O) groups is 1. The van der Waals surface area contributed by atoms with E-state index in [1.807, 2.05) is 50.8 Å². The Labute approximate surface area is 123 Å². The van der Waals surface area contributed by atoms with Gasteiger partial charge >= 0.3 is 0 Å². The summed E-state index contributed by atoms with van der Waals surface area (Å²) in [5, 5.41) is 0. The van der Waals surface area contributed by atoms with Crippen molar-refractivity contribution in [2.24, 2.45) is 5.41 Å². The van der Waals surface area contributed by atoms with Crippen LogP contribution in [0, 0.1) is 5.41 Å². The molecular formula is C17H25NO2. The summed E-state index contributed by atoms with van der Waals surface area (Å²) in [7, 11) is 1.65. The fourth-order valence-electron chi connectivity index (χ4n) is 2.65. The van der Waals surface area contributed by atoms with Gasteiger partial charge in [-0.2, -0.15) is 0 Å². The lowest BCUT2D eigenvalue weighted by Gasteiger charge is -2.39. The lowest BCUT2D eigenvalue weighted by atomic mass is 9.84. The molecule has 1 amide bonds. The summed E-state index contributed by atoms with van der Waals surface area (Å²) in [5.41, 5.74) is 1.34. The minimum absolute atomic E-state index is 0.0696. The van der Waals surface area contributed by atoms with Crippen molar-refractivity contribution in [3.63, 3.8) is 0 Å². The van der Waals surface area contributed by atoms with Crippen LogP contribution in [0.5, 0.6) is 5.75 Å². The highest BCUT2D eigenvalue weighted by atomic mass is 16.5. The highest BCUT2D eigenvalue weighted by Crippen LogP contribution is 2.35. The molecule has 1 heterocycles. The number of ether oxygens (including phenoxy) is 1. The summed E-state index contributed by atoms with van der Waals surface area (Å²) >= 11 is 0. The van der Waals surface area contributed by atoms with E-state index in [1.165, 1.54) is 0 Å². The maximum atomic E-state index is 12.9. The first-order valence-electron chi connectivity index (χ1n) is 7.69. The average molecular weight is 276 g/mol. The van der Waals surface area contributed by atoms with Gasteiger partial charge in [-0.05, 0) is 50.5 Å². The molecule has 0 N–H and O–H groups in total. The first kappa shape index (κ1) is 13.5. The zero-order valence-corrected chi connectivity index (χ0v) is 13.1. The van der Waals surface area contributed by atoms with Crippen molar-refractivity contribution in [2.75, 3.05) is 7.11 Å². The van der Waals surface area contributed by atoms with E-state index in [-0.39, 0.29) is 18.3 Å². The van der Waals surface area contributed by atoms with Crippen LogP contribution < -0.4 is 4.74 Å². The molecule has 0 bridgehead atoms. The van der Waals surface area contributed by atoms with Crippen molar-refractivity contribution in [2.45, 2.75) is 53.1 Å². The van der Waals surface area contributed by atoms with Gasteiger partial charge in [-0.1, -0.05) is 19.9 Å². The van der Waals surface area contributed by atoms with Gasteiger partial charge < -0.3 is 9.64 Å². The van der Waals surface area contributed by atoms with Crippen LogP contribution in [0.15, 0.2) is 18.2 Å². The number of hydrogen-bond donors (Lipinski definition) is 0. The molecule has 1 atom stereocenters. The number of nitrogens with zero attached hydrogens (tertiary/aromatic N) is 1. The predicted octanol–water partition coefficient (Wildman–Crippen LogP) is 3.40. The molecule has 1 aromatic carbocycles. The van der Waals surface area contributed by atoms with Gasteiger partial charge in [0.2, 0.25) is 5.91 Å². The zero-order chi connectivity index (χ0) is 15.8. The van der Waals surface area contributed by atoms with Crippen LogP contribution >= 0.6 is 0 Å². The number of carbonyl (C=O) groups excluding carboxylic acids is 1. The van der Waals surface area contributed by atoms with Gasteiger partial charge in [-0.3, -0.25) is 4.79 Å². The molecule has 0 saturated heterocycles. The number of rotatable bonds is 1. The molecule has 1 aliphatic rings. The molecule has 1 aliphatic heterocycles. The third-order valence-electron chi connectivity index (χ3n) is 3.89. The molecule has 3 nitrogen and oxygen atoms in total. The summed E-state index contributed by atoms with van der Waals surface area (Å²) in [6.07, 6.45) is 0.612. The standard InChI is InChI=1S/C17H25NO2/c1-16(2,3)18-11-13-9-14(20-6)8-7-12(13)10-17(4,5)15(18)19/h7-9H,10-11H2,1-6H3/i4D. The molecule has 0 aliphatic carbocycles. The topological polar surface area (TPSA) is 29.5 Å². The second-order valence-corrected chi connectivity index (χ2v) is 6.93. The fraction of sp³-hybridized carbons (Fsp3) is 0.588. The Morgan fingerprint density at radius 2 is 2.05 bits per heavy atom. The molecule has 110 valence electrons. The molecule has 0 spiro atoms. The normalized spacial score (nSPS) is 23.9. The summed E-state index contributed by atoms with van der Waals surface area (Å²) in [6, 6.07) is 5.97. The van der Waals surface area contributed by atoms with Gasteiger partial charge in [0.15, 0.2) is 0 Å². The first-order chi connectivity index (χ1) is 9.71. The van der Waals surface area contributed by atoms with Crippen molar-refractivity contribution in [3.8, 4) is 5.75 Å². The van der Waals surface area contributed by atoms with E-state index in [0.717, 1.165) is 16.9 Å². The van der Waals surface area contributed by atoms with Gasteiger partial charge in [-0.25, -0.2) is 0 Å². The van der Waals surface area contributed by atoms with Crippen LogP contribution in [0.3, 0.4) is 0 Å². The van der Waals surface area contributed by atoms with Gasteiger partial charge in [0, 0.05) is 18.9 Å². The smallest absolute Gasteiger partial charge is 0.229 e. The maximum Gasteiger partial charge on any atom is 0.229 e. The van der Waals surface area contributed by atoms with E-state index in [0.29, 0.717) is 13.0 Å². The third-order valence-corrected chi connectivity index (χ3v) is 3.89. The quantitative estimate of drug-likeness (QED) is 0.786. The minimum atomic E-state index is -0.660. The average Bonchev–Trinajstić information content (AvgIpc) is 2.54. The molecule has 0 fully saturated rings. The van der Waals surface area contributed by atoms with Crippen molar-refractivity contribution < 1.29 is 10.9 Å². The van der Waals surface area contributed by atoms with Crippen LogP contribution in [0.25, 0.3) is 0 Å². The highest BCUT2D eigenvalue weighted by molar-refractivity contribution is 5.83. The van der Waals surface area contributed by atoms with E-state index in [4.69, 9.17) is 6.11 Å². The zero-order valence-electron chi connectivity index (χ0n) is 14.1. The Kier molecular flexibility index (Phi) is 3.23. The molecule has 0 saturated carbocycles. The van der Waals surface area contributed by atoms with E-state index in [9.17, 15) is 4.79 Å². The first-order valence-corrected chi connectivity index (χ1v) is 6.98. The third kappa shape index (κ3) is 2.67.